The van der Waals surface area contributed by atoms with Crippen LogP contribution in [0.1, 0.15) is 0 Å². The minimum absolute atomic E-state index is 0.777. The van der Waals surface area contributed by atoms with Crippen LogP contribution in [0.4, 0.5) is 17.1 Å². The topological polar surface area (TPSA) is 50.1 Å². The van der Waals surface area contributed by atoms with Crippen LogP contribution >= 0.6 is 0 Å². The molecular weight excluding hydrogens is 238 g/mol. The Balaban J connectivity index is 1.99. The zero-order chi connectivity index (χ0) is 13.8. The van der Waals surface area contributed by atoms with Crippen molar-refractivity contribution in [2.24, 2.45) is 7.05 Å². The lowest BCUT2D eigenvalue weighted by Gasteiger charge is -2.19. The molecule has 1 heterocycles. The van der Waals surface area contributed by atoms with E-state index < -0.39 is 0 Å². The Hall–Kier alpha value is -2.17. The minimum atomic E-state index is 0.777. The zero-order valence-corrected chi connectivity index (χ0v) is 11.8. The van der Waals surface area contributed by atoms with Gasteiger partial charge < -0.3 is 16.0 Å². The van der Waals surface area contributed by atoms with Crippen molar-refractivity contribution in [3.8, 4) is 0 Å². The van der Waals surface area contributed by atoms with E-state index in [0.717, 1.165) is 30.2 Å². The molecular formula is C14H22N5+. The zero-order valence-electron chi connectivity index (χ0n) is 11.8. The summed E-state index contributed by atoms with van der Waals surface area (Å²) in [6.45, 7) is 1.89. The molecule has 0 fully saturated rings. The third-order valence-electron chi connectivity index (χ3n) is 3.26. The normalized spacial score (nSPS) is 10.5. The summed E-state index contributed by atoms with van der Waals surface area (Å²) in [4.78, 5) is 2.20. The average Bonchev–Trinajstić information content (AvgIpc) is 2.81. The van der Waals surface area contributed by atoms with Gasteiger partial charge in [0.15, 0.2) is 0 Å². The number of benzene rings is 1. The number of anilines is 3. The Morgan fingerprint density at radius 1 is 1.42 bits per heavy atom. The summed E-state index contributed by atoms with van der Waals surface area (Å²) in [5.41, 5.74) is 8.86. The van der Waals surface area contributed by atoms with Crippen molar-refractivity contribution < 1.29 is 4.57 Å². The van der Waals surface area contributed by atoms with E-state index in [4.69, 9.17) is 5.73 Å². The fourth-order valence-corrected chi connectivity index (χ4v) is 2.04. The molecule has 5 heteroatoms. The van der Waals surface area contributed by atoms with Crippen LogP contribution in [0.3, 0.4) is 0 Å². The van der Waals surface area contributed by atoms with Crippen LogP contribution in [0.25, 0.3) is 0 Å². The number of nitrogens with one attached hydrogen (secondary N) is 1. The SMILES string of the molecule is CNc1ccc(N(C)CCn2cc[n+](C)c2)cc1N. The van der Waals surface area contributed by atoms with Gasteiger partial charge in [-0.3, -0.25) is 0 Å². The van der Waals surface area contributed by atoms with Crippen molar-refractivity contribution >= 4 is 17.1 Å². The van der Waals surface area contributed by atoms with Gasteiger partial charge in [-0.1, -0.05) is 0 Å². The molecule has 1 aromatic heterocycles. The highest BCUT2D eigenvalue weighted by Crippen LogP contribution is 2.24. The van der Waals surface area contributed by atoms with Crippen molar-refractivity contribution in [3.63, 3.8) is 0 Å². The van der Waals surface area contributed by atoms with Gasteiger partial charge in [0.1, 0.15) is 18.9 Å². The highest BCUT2D eigenvalue weighted by atomic mass is 15.2. The van der Waals surface area contributed by atoms with Crippen molar-refractivity contribution in [3.05, 3.63) is 36.9 Å². The van der Waals surface area contributed by atoms with E-state index in [9.17, 15) is 0 Å². The van der Waals surface area contributed by atoms with E-state index in [-0.39, 0.29) is 0 Å². The van der Waals surface area contributed by atoms with E-state index in [2.05, 4.69) is 40.4 Å². The van der Waals surface area contributed by atoms with Crippen molar-refractivity contribution in [1.29, 1.82) is 0 Å². The first-order chi connectivity index (χ1) is 9.10. The maximum atomic E-state index is 5.98. The summed E-state index contributed by atoms with van der Waals surface area (Å²) in [7, 11) is 5.98. The summed E-state index contributed by atoms with van der Waals surface area (Å²) >= 11 is 0. The maximum absolute atomic E-state index is 5.98. The van der Waals surface area contributed by atoms with Gasteiger partial charge in [0.25, 0.3) is 0 Å². The monoisotopic (exact) mass is 260 g/mol. The Morgan fingerprint density at radius 3 is 2.79 bits per heavy atom. The van der Waals surface area contributed by atoms with Crippen molar-refractivity contribution in [2.75, 3.05) is 36.6 Å². The van der Waals surface area contributed by atoms with E-state index in [0.29, 0.717) is 0 Å². The molecule has 2 rings (SSSR count). The van der Waals surface area contributed by atoms with Gasteiger partial charge >= 0.3 is 0 Å². The number of aromatic nitrogens is 2. The van der Waals surface area contributed by atoms with E-state index in [1.807, 2.05) is 37.0 Å². The molecule has 0 saturated heterocycles. The van der Waals surface area contributed by atoms with Crippen LogP contribution in [0.2, 0.25) is 0 Å². The second kappa shape index (κ2) is 5.65. The second-order valence-electron chi connectivity index (χ2n) is 4.76. The summed E-state index contributed by atoms with van der Waals surface area (Å²) in [6.07, 6.45) is 6.19. The smallest absolute Gasteiger partial charge is 0.243 e. The lowest BCUT2D eigenvalue weighted by atomic mass is 10.2. The third-order valence-corrected chi connectivity index (χ3v) is 3.26. The van der Waals surface area contributed by atoms with Gasteiger partial charge in [-0.2, -0.15) is 0 Å². The standard InChI is InChI=1S/C14H22N5/c1-16-14-5-4-12(10-13(14)15)18(3)7-9-19-8-6-17(2)11-19/h4-6,8,10-11,16H,7,9,15H2,1-3H3/q+1. The first-order valence-corrected chi connectivity index (χ1v) is 6.39. The Morgan fingerprint density at radius 2 is 2.21 bits per heavy atom. The van der Waals surface area contributed by atoms with Crippen molar-refractivity contribution in [2.45, 2.75) is 6.54 Å². The largest absolute Gasteiger partial charge is 0.397 e. The van der Waals surface area contributed by atoms with Crippen LogP contribution in [0.5, 0.6) is 0 Å². The fourth-order valence-electron chi connectivity index (χ4n) is 2.04. The summed E-state index contributed by atoms with van der Waals surface area (Å²) in [5.74, 6) is 0. The Labute approximate surface area is 114 Å². The van der Waals surface area contributed by atoms with E-state index >= 15 is 0 Å². The fraction of sp³-hybridized carbons (Fsp3) is 0.357. The van der Waals surface area contributed by atoms with Crippen LogP contribution < -0.4 is 20.5 Å². The first kappa shape index (κ1) is 13.3. The van der Waals surface area contributed by atoms with E-state index in [1.54, 1.807) is 0 Å². The van der Waals surface area contributed by atoms with Gasteiger partial charge in [-0.25, -0.2) is 9.13 Å². The number of nitrogens with zero attached hydrogens (tertiary/aromatic N) is 3. The Bertz CT molecular complexity index is 547. The number of imidazole rings is 1. The summed E-state index contributed by atoms with van der Waals surface area (Å²) in [5, 5.41) is 3.07. The molecule has 0 spiro atoms. The van der Waals surface area contributed by atoms with Crippen LogP contribution in [0, 0.1) is 0 Å². The van der Waals surface area contributed by atoms with Gasteiger partial charge in [0, 0.05) is 19.8 Å². The lowest BCUT2D eigenvalue weighted by molar-refractivity contribution is -0.671. The molecule has 0 atom stereocenters. The quantitative estimate of drug-likeness (QED) is 0.624. The molecule has 3 N–H and O–H groups in total. The maximum Gasteiger partial charge on any atom is 0.243 e. The molecule has 0 aliphatic rings. The van der Waals surface area contributed by atoms with Gasteiger partial charge in [-0.15, -0.1) is 0 Å². The Kier molecular flexibility index (Phi) is 3.94. The molecule has 102 valence electrons. The van der Waals surface area contributed by atoms with E-state index in [1.165, 1.54) is 0 Å². The number of rotatable bonds is 5. The number of hydrogen-bond acceptors (Lipinski definition) is 3. The third kappa shape index (κ3) is 3.19. The molecule has 0 amide bonds. The highest BCUT2D eigenvalue weighted by molar-refractivity contribution is 5.71. The molecule has 0 radical (unpaired) electrons. The molecule has 5 nitrogen and oxygen atoms in total. The predicted molar refractivity (Wildman–Crippen MR) is 79.3 cm³/mol. The number of aryl methyl sites for hydroxylation is 1. The van der Waals surface area contributed by atoms with Gasteiger partial charge in [0.2, 0.25) is 6.33 Å². The molecule has 0 aliphatic carbocycles. The first-order valence-electron chi connectivity index (χ1n) is 6.39. The summed E-state index contributed by atoms with van der Waals surface area (Å²) < 4.78 is 4.21. The molecule has 19 heavy (non-hydrogen) atoms. The van der Waals surface area contributed by atoms with Crippen molar-refractivity contribution in [1.82, 2.24) is 4.57 Å². The van der Waals surface area contributed by atoms with Crippen LogP contribution in [-0.2, 0) is 13.6 Å². The molecule has 0 bridgehead atoms. The molecule has 0 unspecified atom stereocenters. The lowest BCUT2D eigenvalue weighted by Crippen LogP contribution is -2.26. The van der Waals surface area contributed by atoms with Crippen LogP contribution in [-0.4, -0.2) is 25.2 Å². The second-order valence-corrected chi connectivity index (χ2v) is 4.76. The summed E-state index contributed by atoms with van der Waals surface area (Å²) in [6, 6.07) is 6.09. The molecule has 1 aromatic carbocycles. The highest BCUT2D eigenvalue weighted by Gasteiger charge is 2.06. The molecule has 2 aromatic rings. The number of nitrogen functional groups attached to an aromatic ring is 1. The average molecular weight is 260 g/mol. The van der Waals surface area contributed by atoms with Crippen LogP contribution in [0.15, 0.2) is 36.9 Å². The number of nitrogens with two attached hydrogens (primary N) is 1. The minimum Gasteiger partial charge on any atom is -0.397 e. The number of hydrogen-bond donors (Lipinski definition) is 2. The number of likely N-dealkylation sites (N-methyl/N-ethyl adjacent to an activating group) is 1. The molecule has 0 saturated carbocycles. The van der Waals surface area contributed by atoms with Gasteiger partial charge in [0.05, 0.1) is 25.0 Å². The predicted octanol–water partition coefficient (Wildman–Crippen LogP) is 1.07. The van der Waals surface area contributed by atoms with Gasteiger partial charge in [-0.05, 0) is 18.2 Å². The molecule has 0 aliphatic heterocycles.